The lowest BCUT2D eigenvalue weighted by atomic mass is 10.0. The first kappa shape index (κ1) is 16.5. The number of carbonyl (C=O) groups is 1. The lowest BCUT2D eigenvalue weighted by Gasteiger charge is -2.38. The highest BCUT2D eigenvalue weighted by Crippen LogP contribution is 2.24. The molecular formula is C17H22N8O. The third-order valence-electron chi connectivity index (χ3n) is 4.99. The fourth-order valence-corrected chi connectivity index (χ4v) is 3.52. The molecule has 4 rings (SSSR count). The van der Waals surface area contributed by atoms with Crippen LogP contribution >= 0.6 is 0 Å². The zero-order chi connectivity index (χ0) is 18.3. The summed E-state index contributed by atoms with van der Waals surface area (Å²) in [7, 11) is 3.67. The molecule has 0 N–H and O–H groups in total. The molecule has 1 aliphatic heterocycles. The first-order valence-electron chi connectivity index (χ1n) is 8.71. The number of likely N-dealkylation sites (N-methyl/N-ethyl adjacent to an activating group) is 1. The third kappa shape index (κ3) is 2.79. The molecule has 1 amide bonds. The summed E-state index contributed by atoms with van der Waals surface area (Å²) in [5.74, 6) is 1.65. The second kappa shape index (κ2) is 6.40. The molecule has 0 saturated carbocycles. The zero-order valence-electron chi connectivity index (χ0n) is 15.2. The Hall–Kier alpha value is -2.97. The first-order valence-corrected chi connectivity index (χ1v) is 8.71. The Morgan fingerprint density at radius 1 is 1.35 bits per heavy atom. The minimum Gasteiger partial charge on any atom is -0.351 e. The van der Waals surface area contributed by atoms with E-state index < -0.39 is 0 Å². The maximum Gasteiger partial charge on any atom is 0.257 e. The van der Waals surface area contributed by atoms with Gasteiger partial charge < -0.3 is 9.80 Å². The van der Waals surface area contributed by atoms with Crippen molar-refractivity contribution in [2.45, 2.75) is 25.8 Å². The van der Waals surface area contributed by atoms with Crippen molar-refractivity contribution in [3.8, 4) is 0 Å². The number of amides is 1. The van der Waals surface area contributed by atoms with Crippen LogP contribution in [-0.2, 0) is 7.05 Å². The summed E-state index contributed by atoms with van der Waals surface area (Å²) in [4.78, 5) is 21.3. The minimum atomic E-state index is -0.00515. The summed E-state index contributed by atoms with van der Waals surface area (Å²) in [5, 5.41) is 12.5. The molecule has 1 saturated heterocycles. The van der Waals surface area contributed by atoms with Crippen molar-refractivity contribution < 1.29 is 4.79 Å². The monoisotopic (exact) mass is 354 g/mol. The van der Waals surface area contributed by atoms with Gasteiger partial charge in [-0.2, -0.15) is 5.10 Å². The van der Waals surface area contributed by atoms with Gasteiger partial charge in [-0.25, -0.2) is 4.98 Å². The largest absolute Gasteiger partial charge is 0.351 e. The van der Waals surface area contributed by atoms with E-state index in [1.807, 2.05) is 36.5 Å². The smallest absolute Gasteiger partial charge is 0.257 e. The quantitative estimate of drug-likeness (QED) is 0.695. The van der Waals surface area contributed by atoms with Crippen LogP contribution in [-0.4, -0.2) is 66.3 Å². The van der Waals surface area contributed by atoms with Crippen LogP contribution in [0.4, 0.5) is 5.82 Å². The van der Waals surface area contributed by atoms with Crippen LogP contribution in [0.15, 0.2) is 24.8 Å². The van der Waals surface area contributed by atoms with E-state index in [-0.39, 0.29) is 11.9 Å². The molecular weight excluding hydrogens is 332 g/mol. The number of fused-ring (bicyclic) bond motifs is 1. The van der Waals surface area contributed by atoms with E-state index in [4.69, 9.17) is 0 Å². The van der Waals surface area contributed by atoms with Crippen LogP contribution in [0.25, 0.3) is 5.65 Å². The third-order valence-corrected chi connectivity index (χ3v) is 4.99. The number of piperidine rings is 1. The van der Waals surface area contributed by atoms with Crippen LogP contribution in [0.5, 0.6) is 0 Å². The molecule has 26 heavy (non-hydrogen) atoms. The average Bonchev–Trinajstić information content (AvgIpc) is 3.27. The Kier molecular flexibility index (Phi) is 4.06. The van der Waals surface area contributed by atoms with E-state index in [2.05, 4.69) is 25.2 Å². The van der Waals surface area contributed by atoms with E-state index in [0.717, 1.165) is 43.2 Å². The number of hydrogen-bond donors (Lipinski definition) is 0. The average molecular weight is 354 g/mol. The highest BCUT2D eigenvalue weighted by molar-refractivity contribution is 5.93. The van der Waals surface area contributed by atoms with E-state index >= 15 is 0 Å². The molecule has 1 unspecified atom stereocenters. The van der Waals surface area contributed by atoms with Gasteiger partial charge in [-0.3, -0.25) is 13.9 Å². The van der Waals surface area contributed by atoms with Crippen molar-refractivity contribution in [2.24, 2.45) is 7.05 Å². The van der Waals surface area contributed by atoms with Crippen molar-refractivity contribution in [3.63, 3.8) is 0 Å². The van der Waals surface area contributed by atoms with Crippen molar-refractivity contribution in [1.29, 1.82) is 0 Å². The Labute approximate surface area is 151 Å². The Balaban J connectivity index is 1.56. The lowest BCUT2D eigenvalue weighted by Crippen LogP contribution is -2.49. The molecule has 4 heterocycles. The summed E-state index contributed by atoms with van der Waals surface area (Å²) in [5.41, 5.74) is 1.37. The summed E-state index contributed by atoms with van der Waals surface area (Å²) >= 11 is 0. The number of carbonyl (C=O) groups excluding carboxylic acids is 1. The Morgan fingerprint density at radius 3 is 2.96 bits per heavy atom. The van der Waals surface area contributed by atoms with Gasteiger partial charge in [-0.15, -0.1) is 10.2 Å². The van der Waals surface area contributed by atoms with Gasteiger partial charge in [0, 0.05) is 51.8 Å². The Morgan fingerprint density at radius 2 is 2.19 bits per heavy atom. The molecule has 3 aromatic rings. The summed E-state index contributed by atoms with van der Waals surface area (Å²) in [6.07, 6.45) is 8.96. The number of rotatable bonds is 3. The second-order valence-corrected chi connectivity index (χ2v) is 6.75. The molecule has 136 valence electrons. The maximum atomic E-state index is 12.7. The molecule has 0 aliphatic carbocycles. The van der Waals surface area contributed by atoms with Crippen LogP contribution in [0.2, 0.25) is 0 Å². The molecule has 9 nitrogen and oxygen atoms in total. The topological polar surface area (TPSA) is 84.5 Å². The SMILES string of the molecule is Cc1nnc2c(N3CCCC(N(C)C(=O)c4cnn(C)c4)C3)nccn12. The minimum absolute atomic E-state index is 0.00515. The van der Waals surface area contributed by atoms with Crippen molar-refractivity contribution in [1.82, 2.24) is 34.3 Å². The van der Waals surface area contributed by atoms with Crippen LogP contribution < -0.4 is 4.90 Å². The molecule has 3 aromatic heterocycles. The van der Waals surface area contributed by atoms with Gasteiger partial charge >= 0.3 is 0 Å². The van der Waals surface area contributed by atoms with E-state index in [1.165, 1.54) is 0 Å². The van der Waals surface area contributed by atoms with Crippen LogP contribution in [0.1, 0.15) is 29.0 Å². The van der Waals surface area contributed by atoms with Gasteiger partial charge in [0.2, 0.25) is 5.65 Å². The molecule has 0 aromatic carbocycles. The summed E-state index contributed by atoms with van der Waals surface area (Å²) in [6, 6.07) is 0.113. The number of aryl methyl sites for hydroxylation is 2. The van der Waals surface area contributed by atoms with Crippen molar-refractivity contribution >= 4 is 17.4 Å². The molecule has 0 spiro atoms. The van der Waals surface area contributed by atoms with Gasteiger partial charge in [-0.1, -0.05) is 0 Å². The molecule has 1 fully saturated rings. The second-order valence-electron chi connectivity index (χ2n) is 6.75. The number of nitrogens with zero attached hydrogens (tertiary/aromatic N) is 8. The molecule has 0 radical (unpaired) electrons. The fraction of sp³-hybridized carbons (Fsp3) is 0.471. The molecule has 0 bridgehead atoms. The molecule has 1 aliphatic rings. The summed E-state index contributed by atoms with van der Waals surface area (Å²) < 4.78 is 3.59. The highest BCUT2D eigenvalue weighted by Gasteiger charge is 2.29. The number of hydrogen-bond acceptors (Lipinski definition) is 6. The normalized spacial score (nSPS) is 17.7. The highest BCUT2D eigenvalue weighted by atomic mass is 16.2. The lowest BCUT2D eigenvalue weighted by molar-refractivity contribution is 0.0717. The standard InChI is InChI=1S/C17H22N8O/c1-12-20-21-16-15(18-6-8-25(12)16)24-7-4-5-14(11-24)23(3)17(26)13-9-19-22(2)10-13/h6,8-10,14H,4-5,7,11H2,1-3H3. The van der Waals surface area contributed by atoms with Gasteiger partial charge in [0.25, 0.3) is 5.91 Å². The predicted molar refractivity (Wildman–Crippen MR) is 96.1 cm³/mol. The van der Waals surface area contributed by atoms with Crippen molar-refractivity contribution in [3.05, 3.63) is 36.2 Å². The van der Waals surface area contributed by atoms with E-state index in [0.29, 0.717) is 5.56 Å². The van der Waals surface area contributed by atoms with Crippen molar-refractivity contribution in [2.75, 3.05) is 25.0 Å². The number of anilines is 1. The predicted octanol–water partition coefficient (Wildman–Crippen LogP) is 0.907. The fourth-order valence-electron chi connectivity index (χ4n) is 3.52. The molecule has 9 heteroatoms. The first-order chi connectivity index (χ1) is 12.5. The van der Waals surface area contributed by atoms with E-state index in [1.54, 1.807) is 23.3 Å². The van der Waals surface area contributed by atoms with Gasteiger partial charge in [-0.05, 0) is 19.8 Å². The summed E-state index contributed by atoms with van der Waals surface area (Å²) in [6.45, 7) is 3.54. The molecule has 1 atom stereocenters. The maximum absolute atomic E-state index is 12.7. The van der Waals surface area contributed by atoms with Gasteiger partial charge in [0.05, 0.1) is 11.8 Å². The number of aromatic nitrogens is 6. The van der Waals surface area contributed by atoms with Crippen LogP contribution in [0, 0.1) is 6.92 Å². The van der Waals surface area contributed by atoms with Crippen LogP contribution in [0.3, 0.4) is 0 Å². The van der Waals surface area contributed by atoms with Gasteiger partial charge in [0.1, 0.15) is 5.82 Å². The zero-order valence-corrected chi connectivity index (χ0v) is 15.2. The van der Waals surface area contributed by atoms with E-state index in [9.17, 15) is 4.79 Å². The van der Waals surface area contributed by atoms with Gasteiger partial charge in [0.15, 0.2) is 5.82 Å². The Bertz CT molecular complexity index is 945.